The summed E-state index contributed by atoms with van der Waals surface area (Å²) in [6.45, 7) is 4.58. The van der Waals surface area contributed by atoms with Gasteiger partial charge in [-0.15, -0.1) is 0 Å². The van der Waals surface area contributed by atoms with Gasteiger partial charge in [0.25, 0.3) is 11.8 Å². The first-order valence-electron chi connectivity index (χ1n) is 12.0. The molecule has 1 N–H and O–H groups in total. The highest BCUT2D eigenvalue weighted by molar-refractivity contribution is 6.08. The first-order valence-corrected chi connectivity index (χ1v) is 12.0. The lowest BCUT2D eigenvalue weighted by Gasteiger charge is -2.26. The number of fused-ring (bicyclic) bond motifs is 1. The standard InChI is InChI=1S/C27H33N3O6/c1-18-26(27(32)28-10-9-19-5-8-23(33-3)24(15-19)34-4)21-16-20(6-7-22(21)29(18)2)36-17-25(31)30-11-13-35-14-12-30/h5-8,15-16H,9-14,17H2,1-4H3,(H,28,32). The Hall–Kier alpha value is -3.72. The molecule has 0 radical (unpaired) electrons. The number of morpholine rings is 1. The van der Waals surface area contributed by atoms with Gasteiger partial charge in [-0.2, -0.15) is 0 Å². The number of hydrogen-bond donors (Lipinski definition) is 1. The van der Waals surface area contributed by atoms with E-state index in [4.69, 9.17) is 18.9 Å². The Bertz CT molecular complexity index is 1250. The minimum absolute atomic E-state index is 0.0514. The number of carbonyl (C=O) groups is 2. The second kappa shape index (κ2) is 11.3. The molecule has 1 aromatic heterocycles. The molecule has 4 rings (SSSR count). The average molecular weight is 496 g/mol. The van der Waals surface area contributed by atoms with Gasteiger partial charge in [-0.3, -0.25) is 9.59 Å². The second-order valence-corrected chi connectivity index (χ2v) is 8.68. The number of nitrogens with one attached hydrogen (secondary N) is 1. The van der Waals surface area contributed by atoms with Crippen LogP contribution in [0.5, 0.6) is 17.2 Å². The molecular formula is C27H33N3O6. The Morgan fingerprint density at radius 3 is 2.50 bits per heavy atom. The van der Waals surface area contributed by atoms with Gasteiger partial charge in [-0.05, 0) is 49.2 Å². The predicted octanol–water partition coefficient (Wildman–Crippen LogP) is 2.71. The fourth-order valence-corrected chi connectivity index (χ4v) is 4.42. The smallest absolute Gasteiger partial charge is 0.260 e. The summed E-state index contributed by atoms with van der Waals surface area (Å²) >= 11 is 0. The number of methoxy groups -OCH3 is 2. The molecule has 0 unspecified atom stereocenters. The molecule has 2 aromatic carbocycles. The zero-order valence-electron chi connectivity index (χ0n) is 21.3. The lowest BCUT2D eigenvalue weighted by atomic mass is 10.1. The van der Waals surface area contributed by atoms with Crippen LogP contribution in [0, 0.1) is 6.92 Å². The lowest BCUT2D eigenvalue weighted by Crippen LogP contribution is -2.42. The van der Waals surface area contributed by atoms with Crippen LogP contribution in [-0.4, -0.2) is 75.0 Å². The number of carbonyl (C=O) groups excluding carboxylic acids is 2. The molecule has 192 valence electrons. The largest absolute Gasteiger partial charge is 0.493 e. The molecule has 2 heterocycles. The molecule has 2 amide bonds. The SMILES string of the molecule is COc1ccc(CCNC(=O)c2c(C)n(C)c3ccc(OCC(=O)N4CCOCC4)cc23)cc1OC. The van der Waals surface area contributed by atoms with Gasteiger partial charge in [0, 0.05) is 43.3 Å². The normalized spacial score (nSPS) is 13.5. The summed E-state index contributed by atoms with van der Waals surface area (Å²) in [5, 5.41) is 3.82. The molecule has 0 saturated carbocycles. The maximum atomic E-state index is 13.2. The molecule has 0 aliphatic carbocycles. The van der Waals surface area contributed by atoms with Gasteiger partial charge in [0.05, 0.1) is 33.0 Å². The van der Waals surface area contributed by atoms with E-state index >= 15 is 0 Å². The summed E-state index contributed by atoms with van der Waals surface area (Å²) in [5.41, 5.74) is 3.41. The van der Waals surface area contributed by atoms with Crippen LogP contribution in [0.2, 0.25) is 0 Å². The summed E-state index contributed by atoms with van der Waals surface area (Å²) in [4.78, 5) is 27.4. The Morgan fingerprint density at radius 2 is 1.78 bits per heavy atom. The zero-order chi connectivity index (χ0) is 25.7. The van der Waals surface area contributed by atoms with Crippen molar-refractivity contribution in [1.82, 2.24) is 14.8 Å². The summed E-state index contributed by atoms with van der Waals surface area (Å²) in [5.74, 6) is 1.65. The number of hydrogen-bond acceptors (Lipinski definition) is 6. The van der Waals surface area contributed by atoms with Gasteiger partial charge in [0.2, 0.25) is 0 Å². The highest BCUT2D eigenvalue weighted by Gasteiger charge is 2.20. The van der Waals surface area contributed by atoms with Crippen LogP contribution in [0.15, 0.2) is 36.4 Å². The fraction of sp³-hybridized carbons (Fsp3) is 0.407. The zero-order valence-corrected chi connectivity index (χ0v) is 21.3. The van der Waals surface area contributed by atoms with E-state index in [0.717, 1.165) is 22.2 Å². The predicted molar refractivity (Wildman–Crippen MR) is 136 cm³/mol. The third kappa shape index (κ3) is 5.41. The molecule has 0 atom stereocenters. The third-order valence-electron chi connectivity index (χ3n) is 6.56. The van der Waals surface area contributed by atoms with Crippen LogP contribution in [0.3, 0.4) is 0 Å². The Balaban J connectivity index is 1.44. The highest BCUT2D eigenvalue weighted by Crippen LogP contribution is 2.29. The molecular weight excluding hydrogens is 462 g/mol. The molecule has 1 aliphatic rings. The number of nitrogens with zero attached hydrogens (tertiary/aromatic N) is 2. The quantitative estimate of drug-likeness (QED) is 0.491. The Kier molecular flexibility index (Phi) is 8.00. The number of amides is 2. The van der Waals surface area contributed by atoms with Gasteiger partial charge >= 0.3 is 0 Å². The molecule has 3 aromatic rings. The van der Waals surface area contributed by atoms with E-state index in [0.29, 0.717) is 62.1 Å². The van der Waals surface area contributed by atoms with Crippen LogP contribution in [0.4, 0.5) is 0 Å². The van der Waals surface area contributed by atoms with Crippen LogP contribution in [-0.2, 0) is 23.0 Å². The molecule has 1 saturated heterocycles. The summed E-state index contributed by atoms with van der Waals surface area (Å²) in [6.07, 6.45) is 0.647. The van der Waals surface area contributed by atoms with Crippen LogP contribution < -0.4 is 19.5 Å². The lowest BCUT2D eigenvalue weighted by molar-refractivity contribution is -0.137. The van der Waals surface area contributed by atoms with Crippen molar-refractivity contribution >= 4 is 22.7 Å². The van der Waals surface area contributed by atoms with Gasteiger partial charge in [-0.25, -0.2) is 0 Å². The van der Waals surface area contributed by atoms with E-state index in [1.807, 2.05) is 54.9 Å². The molecule has 9 heteroatoms. The summed E-state index contributed by atoms with van der Waals surface area (Å²) < 4.78 is 23.7. The molecule has 1 fully saturated rings. The van der Waals surface area contributed by atoms with E-state index < -0.39 is 0 Å². The monoisotopic (exact) mass is 495 g/mol. The van der Waals surface area contributed by atoms with Crippen LogP contribution in [0.1, 0.15) is 21.6 Å². The Labute approximate surface area is 210 Å². The van der Waals surface area contributed by atoms with E-state index in [1.165, 1.54) is 0 Å². The summed E-state index contributed by atoms with van der Waals surface area (Å²) in [7, 11) is 5.13. The van der Waals surface area contributed by atoms with Gasteiger partial charge < -0.3 is 33.7 Å². The van der Waals surface area contributed by atoms with Gasteiger partial charge in [0.15, 0.2) is 18.1 Å². The molecule has 0 bridgehead atoms. The molecule has 9 nitrogen and oxygen atoms in total. The van der Waals surface area contributed by atoms with Crippen molar-refractivity contribution in [2.24, 2.45) is 7.05 Å². The topological polar surface area (TPSA) is 91.3 Å². The van der Waals surface area contributed by atoms with Crippen molar-refractivity contribution < 1.29 is 28.5 Å². The number of aromatic nitrogens is 1. The first kappa shape index (κ1) is 25.4. The van der Waals surface area contributed by atoms with E-state index in [9.17, 15) is 9.59 Å². The average Bonchev–Trinajstić information content (AvgIpc) is 3.16. The van der Waals surface area contributed by atoms with E-state index in [1.54, 1.807) is 19.1 Å². The van der Waals surface area contributed by atoms with Crippen molar-refractivity contribution in [1.29, 1.82) is 0 Å². The second-order valence-electron chi connectivity index (χ2n) is 8.68. The van der Waals surface area contributed by atoms with Crippen molar-refractivity contribution in [2.75, 3.05) is 53.7 Å². The number of benzene rings is 2. The third-order valence-corrected chi connectivity index (χ3v) is 6.56. The van der Waals surface area contributed by atoms with Crippen molar-refractivity contribution in [3.8, 4) is 17.2 Å². The molecule has 0 spiro atoms. The number of rotatable bonds is 9. The Morgan fingerprint density at radius 1 is 1.03 bits per heavy atom. The minimum atomic E-state index is -0.153. The first-order chi connectivity index (χ1) is 17.4. The van der Waals surface area contributed by atoms with E-state index in [2.05, 4.69) is 5.32 Å². The summed E-state index contributed by atoms with van der Waals surface area (Å²) in [6, 6.07) is 11.3. The maximum absolute atomic E-state index is 13.2. The fourth-order valence-electron chi connectivity index (χ4n) is 4.42. The van der Waals surface area contributed by atoms with Gasteiger partial charge in [0.1, 0.15) is 5.75 Å². The minimum Gasteiger partial charge on any atom is -0.493 e. The van der Waals surface area contributed by atoms with Crippen LogP contribution in [0.25, 0.3) is 10.9 Å². The number of ether oxygens (including phenoxy) is 4. The van der Waals surface area contributed by atoms with Crippen molar-refractivity contribution in [3.05, 3.63) is 53.2 Å². The molecule has 1 aliphatic heterocycles. The van der Waals surface area contributed by atoms with Gasteiger partial charge in [-0.1, -0.05) is 6.07 Å². The van der Waals surface area contributed by atoms with Crippen LogP contribution >= 0.6 is 0 Å². The highest BCUT2D eigenvalue weighted by atomic mass is 16.5. The molecule has 36 heavy (non-hydrogen) atoms. The maximum Gasteiger partial charge on any atom is 0.260 e. The number of aryl methyl sites for hydroxylation is 1. The van der Waals surface area contributed by atoms with Crippen molar-refractivity contribution in [3.63, 3.8) is 0 Å². The van der Waals surface area contributed by atoms with Crippen molar-refractivity contribution in [2.45, 2.75) is 13.3 Å². The van der Waals surface area contributed by atoms with E-state index in [-0.39, 0.29) is 18.4 Å².